The number of aliphatic hydroxyl groups is 2. The van der Waals surface area contributed by atoms with Crippen molar-refractivity contribution in [3.8, 4) is 0 Å². The molecule has 0 saturated heterocycles. The second kappa shape index (κ2) is 6.33. The van der Waals surface area contributed by atoms with Gasteiger partial charge >= 0.3 is 0 Å². The Morgan fingerprint density at radius 1 is 1.00 bits per heavy atom. The van der Waals surface area contributed by atoms with Crippen molar-refractivity contribution in [2.45, 2.75) is 63.4 Å². The van der Waals surface area contributed by atoms with Crippen molar-refractivity contribution in [3.63, 3.8) is 0 Å². The van der Waals surface area contributed by atoms with E-state index >= 15 is 0 Å². The molecule has 4 nitrogen and oxygen atoms in total. The van der Waals surface area contributed by atoms with Crippen LogP contribution in [0.3, 0.4) is 0 Å². The Morgan fingerprint density at radius 2 is 1.78 bits per heavy atom. The Bertz CT molecular complexity index is 258. The van der Waals surface area contributed by atoms with Crippen molar-refractivity contribution in [2.75, 3.05) is 13.7 Å². The minimum absolute atomic E-state index is 0.148. The van der Waals surface area contributed by atoms with Crippen molar-refractivity contribution in [3.05, 3.63) is 0 Å². The zero-order valence-electron chi connectivity index (χ0n) is 11.4. The van der Waals surface area contributed by atoms with Crippen molar-refractivity contribution in [2.24, 2.45) is 11.8 Å². The second-order valence-electron chi connectivity index (χ2n) is 5.64. The third kappa shape index (κ3) is 2.87. The molecule has 4 heteroatoms. The molecular formula is C14H26O4. The van der Waals surface area contributed by atoms with Gasteiger partial charge in [0.1, 0.15) is 12.2 Å². The van der Waals surface area contributed by atoms with E-state index in [0.29, 0.717) is 12.5 Å². The van der Waals surface area contributed by atoms with Crippen LogP contribution in [0.25, 0.3) is 0 Å². The molecule has 106 valence electrons. The van der Waals surface area contributed by atoms with E-state index in [0.717, 1.165) is 12.8 Å². The number of hydrogen-bond acceptors (Lipinski definition) is 4. The van der Waals surface area contributed by atoms with Crippen LogP contribution < -0.4 is 0 Å². The summed E-state index contributed by atoms with van der Waals surface area (Å²) in [7, 11) is 1.54. The Hall–Kier alpha value is -0.160. The summed E-state index contributed by atoms with van der Waals surface area (Å²) in [4.78, 5) is 0. The molecule has 0 bridgehead atoms. The van der Waals surface area contributed by atoms with E-state index in [1.165, 1.54) is 26.4 Å². The van der Waals surface area contributed by atoms with Gasteiger partial charge in [0.2, 0.25) is 0 Å². The monoisotopic (exact) mass is 258 g/mol. The number of methoxy groups -OCH3 is 1. The maximum Gasteiger partial charge on any atom is 0.112 e. The largest absolute Gasteiger partial charge is 0.390 e. The summed E-state index contributed by atoms with van der Waals surface area (Å²) in [6, 6.07) is 0. The van der Waals surface area contributed by atoms with Gasteiger partial charge in [-0.1, -0.05) is 26.2 Å². The van der Waals surface area contributed by atoms with Crippen molar-refractivity contribution in [1.29, 1.82) is 0 Å². The lowest BCUT2D eigenvalue weighted by Gasteiger charge is -2.36. The topological polar surface area (TPSA) is 58.9 Å². The van der Waals surface area contributed by atoms with Gasteiger partial charge in [-0.05, 0) is 24.7 Å². The number of aliphatic hydroxyl groups excluding tert-OH is 2. The quantitative estimate of drug-likeness (QED) is 0.677. The molecule has 2 N–H and O–H groups in total. The molecule has 0 heterocycles. The minimum atomic E-state index is -0.695. The van der Waals surface area contributed by atoms with Crippen LogP contribution in [0.15, 0.2) is 0 Å². The van der Waals surface area contributed by atoms with Gasteiger partial charge in [-0.3, -0.25) is 0 Å². The SMILES string of the molecule is CCCCCCO[C@@H]1[C@@H](O)[C@H](OC)[C@@H](O)[C@H]2C[C@H]21. The molecule has 0 unspecified atom stereocenters. The van der Waals surface area contributed by atoms with Crippen LogP contribution in [0, 0.1) is 11.8 Å². The summed E-state index contributed by atoms with van der Waals surface area (Å²) < 4.78 is 11.0. The Kier molecular flexibility index (Phi) is 5.01. The lowest BCUT2D eigenvalue weighted by atomic mass is 9.89. The van der Waals surface area contributed by atoms with Crippen molar-refractivity contribution < 1.29 is 19.7 Å². The average molecular weight is 258 g/mol. The van der Waals surface area contributed by atoms with E-state index in [2.05, 4.69) is 6.92 Å². The minimum Gasteiger partial charge on any atom is -0.390 e. The molecule has 2 saturated carbocycles. The summed E-state index contributed by atoms with van der Waals surface area (Å²) in [6.45, 7) is 2.89. The van der Waals surface area contributed by atoms with E-state index < -0.39 is 18.3 Å². The molecule has 0 aromatic carbocycles. The maximum atomic E-state index is 10.2. The van der Waals surface area contributed by atoms with Gasteiger partial charge in [0.15, 0.2) is 0 Å². The predicted molar refractivity (Wildman–Crippen MR) is 68.3 cm³/mol. The highest BCUT2D eigenvalue weighted by Crippen LogP contribution is 2.51. The van der Waals surface area contributed by atoms with Crippen LogP contribution in [0.5, 0.6) is 0 Å². The number of hydrogen-bond donors (Lipinski definition) is 2. The van der Waals surface area contributed by atoms with Crippen LogP contribution in [0.1, 0.15) is 39.0 Å². The highest BCUT2D eigenvalue weighted by Gasteiger charge is 2.59. The van der Waals surface area contributed by atoms with Crippen molar-refractivity contribution in [1.82, 2.24) is 0 Å². The van der Waals surface area contributed by atoms with Crippen LogP contribution in [-0.4, -0.2) is 48.3 Å². The summed E-state index contributed by atoms with van der Waals surface area (Å²) in [5, 5.41) is 20.2. The second-order valence-corrected chi connectivity index (χ2v) is 5.64. The molecule has 0 aromatic rings. The lowest BCUT2D eigenvalue weighted by Crippen LogP contribution is -2.52. The number of rotatable bonds is 7. The smallest absolute Gasteiger partial charge is 0.112 e. The summed E-state index contributed by atoms with van der Waals surface area (Å²) in [6.07, 6.45) is 3.78. The van der Waals surface area contributed by atoms with Crippen LogP contribution in [-0.2, 0) is 9.47 Å². The maximum absolute atomic E-state index is 10.2. The third-order valence-electron chi connectivity index (χ3n) is 4.34. The van der Waals surface area contributed by atoms with Gasteiger partial charge in [0.25, 0.3) is 0 Å². The molecular weight excluding hydrogens is 232 g/mol. The Morgan fingerprint density at radius 3 is 2.44 bits per heavy atom. The van der Waals surface area contributed by atoms with Crippen LogP contribution in [0.4, 0.5) is 0 Å². The van der Waals surface area contributed by atoms with Crippen LogP contribution >= 0.6 is 0 Å². The first kappa shape index (κ1) is 14.3. The van der Waals surface area contributed by atoms with Gasteiger partial charge < -0.3 is 19.7 Å². The van der Waals surface area contributed by atoms with E-state index in [-0.39, 0.29) is 12.0 Å². The fourth-order valence-corrected chi connectivity index (χ4v) is 3.14. The molecule has 0 radical (unpaired) electrons. The normalized spacial score (nSPS) is 42.7. The summed E-state index contributed by atoms with van der Waals surface area (Å²) in [5.41, 5.74) is 0. The lowest BCUT2D eigenvalue weighted by molar-refractivity contribution is -0.168. The van der Waals surface area contributed by atoms with E-state index in [9.17, 15) is 10.2 Å². The zero-order valence-corrected chi connectivity index (χ0v) is 11.4. The molecule has 2 aliphatic rings. The first-order valence-electron chi connectivity index (χ1n) is 7.21. The van der Waals surface area contributed by atoms with Crippen LogP contribution in [0.2, 0.25) is 0 Å². The Balaban J connectivity index is 1.78. The fraction of sp³-hybridized carbons (Fsp3) is 1.00. The Labute approximate surface area is 109 Å². The number of unbranched alkanes of at least 4 members (excludes halogenated alkanes) is 3. The molecule has 0 aliphatic heterocycles. The summed E-state index contributed by atoms with van der Waals surface area (Å²) in [5.74, 6) is 0.589. The van der Waals surface area contributed by atoms with Gasteiger partial charge in [0, 0.05) is 13.7 Å². The predicted octanol–water partition coefficient (Wildman–Crippen LogP) is 1.34. The summed E-state index contributed by atoms with van der Waals surface area (Å²) >= 11 is 0. The van der Waals surface area contributed by atoms with Gasteiger partial charge in [-0.25, -0.2) is 0 Å². The van der Waals surface area contributed by atoms with Gasteiger partial charge in [0.05, 0.1) is 12.2 Å². The molecule has 2 aliphatic carbocycles. The zero-order chi connectivity index (χ0) is 13.1. The molecule has 18 heavy (non-hydrogen) atoms. The molecule has 2 fully saturated rings. The molecule has 0 spiro atoms. The van der Waals surface area contributed by atoms with Gasteiger partial charge in [-0.15, -0.1) is 0 Å². The number of fused-ring (bicyclic) bond motifs is 1. The third-order valence-corrected chi connectivity index (χ3v) is 4.34. The standard InChI is InChI=1S/C14H26O4/c1-3-4-5-6-7-18-13-10-8-9(10)11(15)14(17-2)12(13)16/h9-16H,3-8H2,1-2H3/t9-,10+,11-,12+,13-,14+/m0/s1. The van der Waals surface area contributed by atoms with Gasteiger partial charge in [-0.2, -0.15) is 0 Å². The highest BCUT2D eigenvalue weighted by atomic mass is 16.5. The van der Waals surface area contributed by atoms with E-state index in [1.807, 2.05) is 0 Å². The van der Waals surface area contributed by atoms with Crippen molar-refractivity contribution >= 4 is 0 Å². The fourth-order valence-electron chi connectivity index (χ4n) is 3.14. The highest BCUT2D eigenvalue weighted by molar-refractivity contribution is 5.08. The van der Waals surface area contributed by atoms with E-state index in [1.54, 1.807) is 0 Å². The number of ether oxygens (including phenoxy) is 2. The molecule has 6 atom stereocenters. The molecule has 0 aromatic heterocycles. The molecule has 2 rings (SSSR count). The molecule has 0 amide bonds. The average Bonchev–Trinajstić information content (AvgIpc) is 3.13. The first-order valence-corrected chi connectivity index (χ1v) is 7.21. The first-order chi connectivity index (χ1) is 8.70. The van der Waals surface area contributed by atoms with E-state index in [4.69, 9.17) is 9.47 Å².